The average molecular weight is 1060 g/mol. The van der Waals surface area contributed by atoms with E-state index >= 15 is 0 Å². The van der Waals surface area contributed by atoms with Crippen LogP contribution in [0, 0.1) is 0 Å². The fourth-order valence-electron chi connectivity index (χ4n) is 10.7. The molecule has 0 aliphatic heterocycles. The molecule has 5 heterocycles. The summed E-state index contributed by atoms with van der Waals surface area (Å²) in [6, 6.07) is 85.5. The molecule has 0 radical (unpaired) electrons. The van der Waals surface area contributed by atoms with Crippen LogP contribution in [0.25, 0.3) is 129 Å². The summed E-state index contributed by atoms with van der Waals surface area (Å²) in [5.74, 6) is 3.80. The first-order valence-corrected chi connectivity index (χ1v) is 27.0. The van der Waals surface area contributed by atoms with Crippen LogP contribution in [0.5, 0.6) is 0 Å². The summed E-state index contributed by atoms with van der Waals surface area (Å²) in [6.45, 7) is 0. The topological polar surface area (TPSA) is 109 Å². The van der Waals surface area contributed by atoms with Crippen LogP contribution < -0.4 is 0 Å². The molecule has 0 saturated heterocycles. The molecule has 384 valence electrons. The second kappa shape index (κ2) is 21.3. The van der Waals surface area contributed by atoms with Crippen molar-refractivity contribution in [3.05, 3.63) is 283 Å². The largest absolute Gasteiger partial charge is 0.464 e. The number of nitrogens with zero attached hydrogens (tertiary/aromatic N) is 7. The molecule has 9 nitrogen and oxygen atoms in total. The molecule has 0 spiro atoms. The zero-order chi connectivity index (χ0) is 54.1. The molecule has 0 unspecified atom stereocenters. The molecule has 10 aromatic carbocycles. The Morgan fingerprint density at radius 1 is 0.346 bits per heavy atom. The van der Waals surface area contributed by atoms with Gasteiger partial charge in [-0.1, -0.05) is 224 Å². The number of para-hydroxylation sites is 1. The van der Waals surface area contributed by atoms with Gasteiger partial charge in [0.05, 0.1) is 23.6 Å². The van der Waals surface area contributed by atoms with Crippen LogP contribution in [-0.2, 0) is 6.42 Å². The molecular weight excluding hydrogens is 1020 g/mol. The molecule has 0 saturated carbocycles. The van der Waals surface area contributed by atoms with Crippen molar-refractivity contribution in [1.29, 1.82) is 0 Å². The van der Waals surface area contributed by atoms with Gasteiger partial charge < -0.3 is 13.4 Å². The van der Waals surface area contributed by atoms with E-state index in [4.69, 9.17) is 35.4 Å². The fourth-order valence-corrected chi connectivity index (χ4v) is 10.9. The van der Waals surface area contributed by atoms with Crippen LogP contribution in [0.1, 0.15) is 11.1 Å². The second-order valence-electron chi connectivity index (χ2n) is 19.6. The maximum atomic E-state index is 6.14. The smallest absolute Gasteiger partial charge is 0.164 e. The molecule has 0 N–H and O–H groups in total. The van der Waals surface area contributed by atoms with Crippen LogP contribution in [0.15, 0.2) is 276 Å². The zero-order valence-electron chi connectivity index (χ0n) is 43.4. The highest BCUT2D eigenvalue weighted by atomic mass is 35.5. The Labute approximate surface area is 471 Å². The van der Waals surface area contributed by atoms with Gasteiger partial charge in [0.15, 0.2) is 40.5 Å². The lowest BCUT2D eigenvalue weighted by Gasteiger charge is -2.11. The lowest BCUT2D eigenvalue weighted by atomic mass is 10.0. The highest BCUT2D eigenvalue weighted by Crippen LogP contribution is 2.41. The van der Waals surface area contributed by atoms with Crippen LogP contribution in [-0.4, -0.2) is 34.5 Å². The van der Waals surface area contributed by atoms with Crippen LogP contribution >= 0.6 is 11.6 Å². The Bertz CT molecular complexity index is 4640. The summed E-state index contributed by atoms with van der Waals surface area (Å²) in [5.41, 5.74) is 16.1. The number of aromatic nitrogens is 7. The summed E-state index contributed by atoms with van der Waals surface area (Å²) in [6.07, 6.45) is 4.52. The Morgan fingerprint density at radius 3 is 1.38 bits per heavy atom. The molecular formula is C71H46ClN7O2. The van der Waals surface area contributed by atoms with Gasteiger partial charge in [-0.2, -0.15) is 0 Å². The number of fused-ring (bicyclic) bond motifs is 10. The van der Waals surface area contributed by atoms with Gasteiger partial charge in [0, 0.05) is 77.6 Å². The number of rotatable bonds is 7. The molecule has 1 aliphatic rings. The lowest BCUT2D eigenvalue weighted by molar-refractivity contribution is 0.612. The maximum Gasteiger partial charge on any atom is 0.164 e. The Morgan fingerprint density at radius 2 is 0.802 bits per heavy atom. The third-order valence-corrected chi connectivity index (χ3v) is 14.7. The number of hydrogen-bond acceptors (Lipinski definition) is 8. The van der Waals surface area contributed by atoms with Crippen LogP contribution in [0.2, 0.25) is 5.02 Å². The Kier molecular flexibility index (Phi) is 12.8. The molecule has 10 heteroatoms. The van der Waals surface area contributed by atoms with Crippen LogP contribution in [0.3, 0.4) is 0 Å². The first-order chi connectivity index (χ1) is 40.1. The number of benzene rings is 10. The van der Waals surface area contributed by atoms with Crippen molar-refractivity contribution in [1.82, 2.24) is 34.5 Å². The van der Waals surface area contributed by atoms with Gasteiger partial charge in [-0.15, -0.1) is 0 Å². The predicted octanol–water partition coefficient (Wildman–Crippen LogP) is 18.2. The fraction of sp³-hybridized carbons (Fsp3) is 0.0141. The van der Waals surface area contributed by atoms with E-state index in [1.54, 1.807) is 12.5 Å². The minimum atomic E-state index is 0.607. The molecule has 16 rings (SSSR count). The maximum absolute atomic E-state index is 6.14. The predicted molar refractivity (Wildman–Crippen MR) is 326 cm³/mol. The highest BCUT2D eigenvalue weighted by molar-refractivity contribution is 6.30. The van der Waals surface area contributed by atoms with E-state index < -0.39 is 0 Å². The van der Waals surface area contributed by atoms with Gasteiger partial charge in [-0.05, 0) is 59.2 Å². The summed E-state index contributed by atoms with van der Waals surface area (Å²) < 4.78 is 13.9. The molecule has 0 bridgehead atoms. The molecule has 81 heavy (non-hydrogen) atoms. The Hall–Kier alpha value is -10.6. The van der Waals surface area contributed by atoms with E-state index in [-0.39, 0.29) is 0 Å². The van der Waals surface area contributed by atoms with Gasteiger partial charge in [0.1, 0.15) is 5.58 Å². The molecule has 5 aromatic heterocycles. The van der Waals surface area contributed by atoms with E-state index in [1.807, 2.05) is 158 Å². The normalized spacial score (nSPS) is 11.5. The van der Waals surface area contributed by atoms with Crippen molar-refractivity contribution in [3.63, 3.8) is 0 Å². The first kappa shape index (κ1) is 48.7. The molecule has 0 atom stereocenters. The summed E-state index contributed by atoms with van der Waals surface area (Å²) in [4.78, 5) is 28.7. The first-order valence-electron chi connectivity index (χ1n) is 26.6. The van der Waals surface area contributed by atoms with E-state index in [1.165, 1.54) is 33.0 Å². The van der Waals surface area contributed by atoms with Crippen molar-refractivity contribution >= 4 is 55.3 Å². The third kappa shape index (κ3) is 9.58. The minimum Gasteiger partial charge on any atom is -0.464 e. The van der Waals surface area contributed by atoms with Crippen molar-refractivity contribution < 1.29 is 8.83 Å². The average Bonchev–Trinajstić information content (AvgIpc) is 4.41. The molecule has 0 fully saturated rings. The van der Waals surface area contributed by atoms with Crippen molar-refractivity contribution in [2.24, 2.45) is 0 Å². The zero-order valence-corrected chi connectivity index (χ0v) is 44.2. The summed E-state index contributed by atoms with van der Waals surface area (Å²) >= 11 is 6.14. The van der Waals surface area contributed by atoms with Gasteiger partial charge in [-0.3, -0.25) is 0 Å². The molecule has 0 amide bonds. The van der Waals surface area contributed by atoms with Gasteiger partial charge in [0.2, 0.25) is 0 Å². The quantitative estimate of drug-likeness (QED) is 0.155. The van der Waals surface area contributed by atoms with Gasteiger partial charge in [0.25, 0.3) is 0 Å². The highest BCUT2D eigenvalue weighted by Gasteiger charge is 2.22. The minimum absolute atomic E-state index is 0.607. The van der Waals surface area contributed by atoms with Gasteiger partial charge in [-0.25, -0.2) is 29.9 Å². The number of halogens is 1. The molecule has 1 aliphatic carbocycles. The standard InChI is InChI=1S/C35H22N4O.C21H14ClN3.C15H10O/c1-3-10-24(11-4-1)33-36-34(25-12-5-2-6-13-25)38-35(37-33)26-14-9-15-27(22-26)39-30-17-8-7-16-28(30)29-19-18-23-20-21-40-32(23)31(29)39;22-18-13-7-12-17(14-18)21-24-19(15-8-3-1-4-9-15)23-20(25-21)16-10-5-2-6-11-16;1-2-4-12-11(3-1)9-14-13(12)6-5-10-7-8-16-15(10)14/h1-22H;1-14H;1-8H,9H2. The van der Waals surface area contributed by atoms with Crippen molar-refractivity contribution in [3.8, 4) is 85.1 Å². The molecule has 15 aromatic rings. The third-order valence-electron chi connectivity index (χ3n) is 14.5. The van der Waals surface area contributed by atoms with E-state index in [0.717, 1.165) is 78.5 Å². The van der Waals surface area contributed by atoms with Gasteiger partial charge >= 0.3 is 0 Å². The monoisotopic (exact) mass is 1060 g/mol. The SMILES string of the molecule is Clc1cccc(-c2nc(-c3ccccc3)nc(-c3ccccc3)n2)c1.c1ccc(-c2nc(-c3ccccc3)nc(-c3cccc(-n4c5ccccc5c5ccc6ccoc6c54)c3)n2)cc1.c1ccc2c(c1)Cc1c-2ccc2ccoc12. The summed E-state index contributed by atoms with van der Waals surface area (Å²) in [7, 11) is 0. The Balaban J connectivity index is 0.000000121. The van der Waals surface area contributed by atoms with E-state index in [0.29, 0.717) is 40.0 Å². The number of furan rings is 2. The number of hydrogen-bond donors (Lipinski definition) is 0. The summed E-state index contributed by atoms with van der Waals surface area (Å²) in [5, 5.41) is 5.26. The lowest BCUT2D eigenvalue weighted by Crippen LogP contribution is -2.01. The van der Waals surface area contributed by atoms with E-state index in [2.05, 4.69) is 117 Å². The van der Waals surface area contributed by atoms with E-state index in [9.17, 15) is 0 Å². The van der Waals surface area contributed by atoms with Crippen molar-refractivity contribution in [2.45, 2.75) is 6.42 Å². The second-order valence-corrected chi connectivity index (χ2v) is 20.0. The van der Waals surface area contributed by atoms with Crippen molar-refractivity contribution in [2.75, 3.05) is 0 Å². The van der Waals surface area contributed by atoms with Crippen LogP contribution in [0.4, 0.5) is 0 Å².